The lowest BCUT2D eigenvalue weighted by Crippen LogP contribution is -1.81. The van der Waals surface area contributed by atoms with Crippen LogP contribution in [0.1, 0.15) is 0 Å². The average molecular weight is 151 g/mol. The Kier molecular flexibility index (Phi) is 1.15. The Balaban J connectivity index is 2.45. The Morgan fingerprint density at radius 2 is 2.27 bits per heavy atom. The van der Waals surface area contributed by atoms with Crippen LogP contribution in [0.4, 0.5) is 6.01 Å². The number of nitrogen functional groups attached to an aromatic ring is 1. The van der Waals surface area contributed by atoms with Crippen molar-refractivity contribution in [1.29, 1.82) is 0 Å². The van der Waals surface area contributed by atoms with Crippen LogP contribution in [-0.4, -0.2) is 10.2 Å². The normalized spacial score (nSPS) is 10.2. The molecule has 56 valence electrons. The van der Waals surface area contributed by atoms with Gasteiger partial charge in [-0.25, -0.2) is 0 Å². The number of furan rings is 1. The van der Waals surface area contributed by atoms with Gasteiger partial charge in [0.25, 0.3) is 5.89 Å². The fourth-order valence-corrected chi connectivity index (χ4v) is 0.734. The highest BCUT2D eigenvalue weighted by Crippen LogP contribution is 2.17. The topological polar surface area (TPSA) is 78.1 Å². The summed E-state index contributed by atoms with van der Waals surface area (Å²) in [6, 6.07) is 3.49. The number of aromatic nitrogens is 2. The van der Waals surface area contributed by atoms with Gasteiger partial charge in [-0.2, -0.15) is 0 Å². The summed E-state index contributed by atoms with van der Waals surface area (Å²) >= 11 is 0. The van der Waals surface area contributed by atoms with Gasteiger partial charge in [0.2, 0.25) is 0 Å². The van der Waals surface area contributed by atoms with E-state index in [1.54, 1.807) is 12.1 Å². The van der Waals surface area contributed by atoms with Crippen molar-refractivity contribution < 1.29 is 8.83 Å². The van der Waals surface area contributed by atoms with E-state index >= 15 is 0 Å². The first-order valence-corrected chi connectivity index (χ1v) is 2.99. The molecule has 0 bridgehead atoms. The van der Waals surface area contributed by atoms with Gasteiger partial charge in [-0.3, -0.25) is 0 Å². The molecular weight excluding hydrogens is 146 g/mol. The zero-order valence-electron chi connectivity index (χ0n) is 5.52. The minimum atomic E-state index is 0.0383. The molecule has 2 aromatic heterocycles. The summed E-state index contributed by atoms with van der Waals surface area (Å²) in [5.41, 5.74) is 5.20. The van der Waals surface area contributed by atoms with E-state index in [0.717, 1.165) is 0 Å². The molecule has 0 unspecified atom stereocenters. The Labute approximate surface area is 61.8 Å². The minimum absolute atomic E-state index is 0.0383. The van der Waals surface area contributed by atoms with E-state index in [1.807, 2.05) is 0 Å². The first-order valence-electron chi connectivity index (χ1n) is 2.99. The summed E-state index contributed by atoms with van der Waals surface area (Å²) in [7, 11) is 0. The van der Waals surface area contributed by atoms with Crippen molar-refractivity contribution in [3.05, 3.63) is 18.4 Å². The van der Waals surface area contributed by atoms with Crippen molar-refractivity contribution in [2.75, 3.05) is 5.73 Å². The van der Waals surface area contributed by atoms with Gasteiger partial charge in [0.05, 0.1) is 6.26 Å². The van der Waals surface area contributed by atoms with Crippen LogP contribution in [0.2, 0.25) is 0 Å². The summed E-state index contributed by atoms with van der Waals surface area (Å²) in [6.45, 7) is 0. The van der Waals surface area contributed by atoms with Gasteiger partial charge in [-0.15, -0.1) is 5.10 Å². The van der Waals surface area contributed by atoms with Crippen LogP contribution in [0.25, 0.3) is 11.7 Å². The van der Waals surface area contributed by atoms with Gasteiger partial charge in [0.15, 0.2) is 5.76 Å². The van der Waals surface area contributed by atoms with Crippen LogP contribution >= 0.6 is 0 Å². The van der Waals surface area contributed by atoms with Crippen LogP contribution in [0, 0.1) is 0 Å². The van der Waals surface area contributed by atoms with Crippen molar-refractivity contribution in [3.8, 4) is 11.7 Å². The highest BCUT2D eigenvalue weighted by molar-refractivity contribution is 5.43. The largest absolute Gasteiger partial charge is 0.459 e. The van der Waals surface area contributed by atoms with Gasteiger partial charge < -0.3 is 14.6 Å². The molecule has 0 saturated heterocycles. The summed E-state index contributed by atoms with van der Waals surface area (Å²) in [5.74, 6) is 0.821. The SMILES string of the molecule is Nc1nnc(-c2ccco2)o1. The predicted molar refractivity (Wildman–Crippen MR) is 36.4 cm³/mol. The molecule has 0 atom stereocenters. The Bertz CT molecular complexity index is 338. The van der Waals surface area contributed by atoms with Gasteiger partial charge in [0.1, 0.15) is 0 Å². The van der Waals surface area contributed by atoms with Crippen molar-refractivity contribution in [2.24, 2.45) is 0 Å². The molecule has 0 aliphatic heterocycles. The molecule has 2 heterocycles. The molecule has 0 fully saturated rings. The summed E-state index contributed by atoms with van der Waals surface area (Å²) in [4.78, 5) is 0. The maximum atomic E-state index is 5.20. The van der Waals surface area contributed by atoms with Gasteiger partial charge in [-0.05, 0) is 12.1 Å². The van der Waals surface area contributed by atoms with Crippen LogP contribution < -0.4 is 5.73 Å². The van der Waals surface area contributed by atoms with Crippen LogP contribution in [0.15, 0.2) is 27.2 Å². The number of anilines is 1. The van der Waals surface area contributed by atoms with E-state index in [0.29, 0.717) is 11.7 Å². The average Bonchev–Trinajstić information content (AvgIpc) is 2.55. The summed E-state index contributed by atoms with van der Waals surface area (Å²) < 4.78 is 9.87. The first-order chi connectivity index (χ1) is 5.36. The fraction of sp³-hybridized carbons (Fsp3) is 0. The predicted octanol–water partition coefficient (Wildman–Crippen LogP) is 0.912. The standard InChI is InChI=1S/C6H5N3O2/c7-6-9-8-5(11-6)4-2-1-3-10-4/h1-3H,(H2,7,9). The Morgan fingerprint density at radius 3 is 2.82 bits per heavy atom. The highest BCUT2D eigenvalue weighted by atomic mass is 16.4. The van der Waals surface area contributed by atoms with E-state index in [2.05, 4.69) is 10.2 Å². The quantitative estimate of drug-likeness (QED) is 0.655. The third-order valence-corrected chi connectivity index (χ3v) is 1.17. The van der Waals surface area contributed by atoms with Gasteiger partial charge in [0, 0.05) is 0 Å². The van der Waals surface area contributed by atoms with E-state index < -0.39 is 0 Å². The second-order valence-corrected chi connectivity index (χ2v) is 1.92. The van der Waals surface area contributed by atoms with E-state index in [9.17, 15) is 0 Å². The van der Waals surface area contributed by atoms with Gasteiger partial charge in [-0.1, -0.05) is 5.10 Å². The van der Waals surface area contributed by atoms with Crippen molar-refractivity contribution in [3.63, 3.8) is 0 Å². The van der Waals surface area contributed by atoms with Crippen LogP contribution in [0.3, 0.4) is 0 Å². The van der Waals surface area contributed by atoms with E-state index in [-0.39, 0.29) is 6.01 Å². The lowest BCUT2D eigenvalue weighted by atomic mass is 10.5. The molecule has 2 rings (SSSR count). The molecule has 0 aliphatic rings. The molecule has 11 heavy (non-hydrogen) atoms. The molecule has 2 aromatic rings. The maximum Gasteiger partial charge on any atom is 0.313 e. The monoisotopic (exact) mass is 151 g/mol. The summed E-state index contributed by atoms with van der Waals surface area (Å²) in [6.07, 6.45) is 1.52. The minimum Gasteiger partial charge on any atom is -0.459 e. The molecule has 0 aromatic carbocycles. The molecule has 0 radical (unpaired) electrons. The van der Waals surface area contributed by atoms with Crippen molar-refractivity contribution >= 4 is 6.01 Å². The molecular formula is C6H5N3O2. The van der Waals surface area contributed by atoms with Crippen molar-refractivity contribution in [2.45, 2.75) is 0 Å². The molecule has 5 nitrogen and oxygen atoms in total. The van der Waals surface area contributed by atoms with Crippen LogP contribution in [0.5, 0.6) is 0 Å². The molecule has 5 heteroatoms. The number of nitrogens with two attached hydrogens (primary N) is 1. The smallest absolute Gasteiger partial charge is 0.313 e. The third-order valence-electron chi connectivity index (χ3n) is 1.17. The van der Waals surface area contributed by atoms with E-state index in [4.69, 9.17) is 14.6 Å². The van der Waals surface area contributed by atoms with Crippen LogP contribution in [-0.2, 0) is 0 Å². The lowest BCUT2D eigenvalue weighted by molar-refractivity contribution is 0.525. The second kappa shape index (κ2) is 2.12. The highest BCUT2D eigenvalue weighted by Gasteiger charge is 2.07. The second-order valence-electron chi connectivity index (χ2n) is 1.92. The van der Waals surface area contributed by atoms with Crippen molar-refractivity contribution in [1.82, 2.24) is 10.2 Å². The van der Waals surface area contributed by atoms with E-state index in [1.165, 1.54) is 6.26 Å². The molecule has 0 spiro atoms. The number of rotatable bonds is 1. The molecule has 2 N–H and O–H groups in total. The third kappa shape index (κ3) is 0.958. The summed E-state index contributed by atoms with van der Waals surface area (Å²) in [5, 5.41) is 7.10. The first kappa shape index (κ1) is 5.96. The van der Waals surface area contributed by atoms with Gasteiger partial charge >= 0.3 is 6.01 Å². The zero-order valence-corrected chi connectivity index (χ0v) is 5.52. The number of hydrogen-bond acceptors (Lipinski definition) is 5. The zero-order chi connectivity index (χ0) is 7.68. The molecule has 0 amide bonds. The molecule has 0 aliphatic carbocycles. The lowest BCUT2D eigenvalue weighted by Gasteiger charge is -1.82. The fourth-order valence-electron chi connectivity index (χ4n) is 0.734. The maximum absolute atomic E-state index is 5.20. The number of hydrogen-bond donors (Lipinski definition) is 1. The number of nitrogens with zero attached hydrogens (tertiary/aromatic N) is 2. The molecule has 0 saturated carbocycles. The Hall–Kier alpha value is -1.78. The Morgan fingerprint density at radius 1 is 1.36 bits per heavy atom.